The first-order valence-corrected chi connectivity index (χ1v) is 11.6. The van der Waals surface area contributed by atoms with Crippen LogP contribution in [0.5, 0.6) is 0 Å². The minimum atomic E-state index is -0.554. The number of amides is 3. The Morgan fingerprint density at radius 2 is 1.73 bits per heavy atom. The van der Waals surface area contributed by atoms with E-state index in [1.165, 1.54) is 24.4 Å². The van der Waals surface area contributed by atoms with Crippen LogP contribution in [-0.4, -0.2) is 52.7 Å². The topological polar surface area (TPSA) is 98.1 Å². The van der Waals surface area contributed by atoms with Crippen LogP contribution in [0.15, 0.2) is 59.8 Å². The highest BCUT2D eigenvalue weighted by atomic mass is 32.2. The highest BCUT2D eigenvalue weighted by Crippen LogP contribution is 2.30. The number of nitrogens with one attached hydrogen (secondary N) is 2. The fourth-order valence-electron chi connectivity index (χ4n) is 3.08. The highest BCUT2D eigenvalue weighted by molar-refractivity contribution is 7.99. The maximum atomic E-state index is 12.2. The fraction of sp³-hybridized carbons (Fsp3) is 0.333. The quantitative estimate of drug-likeness (QED) is 0.386. The number of thioether (sulfide) groups is 1. The zero-order valence-corrected chi connectivity index (χ0v) is 20.1. The average molecular weight is 468 g/mol. The number of benzene rings is 2. The molecule has 0 fully saturated rings. The van der Waals surface area contributed by atoms with E-state index in [-0.39, 0.29) is 11.2 Å². The van der Waals surface area contributed by atoms with Crippen LogP contribution in [0.3, 0.4) is 0 Å². The third-order valence-corrected chi connectivity index (χ3v) is 5.76. The molecule has 0 saturated heterocycles. The van der Waals surface area contributed by atoms with E-state index in [1.54, 1.807) is 0 Å². The number of carbonyl (C=O) groups excluding carboxylic acids is 2. The van der Waals surface area contributed by atoms with Crippen molar-refractivity contribution < 1.29 is 14.3 Å². The van der Waals surface area contributed by atoms with Gasteiger partial charge in [-0.25, -0.2) is 4.79 Å². The van der Waals surface area contributed by atoms with E-state index in [9.17, 15) is 9.59 Å². The number of ether oxygens (including phenoxy) is 1. The van der Waals surface area contributed by atoms with Crippen LogP contribution >= 0.6 is 11.8 Å². The van der Waals surface area contributed by atoms with Gasteiger partial charge in [-0.3, -0.25) is 14.7 Å². The van der Waals surface area contributed by atoms with Crippen molar-refractivity contribution in [1.82, 2.24) is 25.4 Å². The molecule has 1 heterocycles. The number of urea groups is 1. The number of rotatable bonds is 8. The van der Waals surface area contributed by atoms with Gasteiger partial charge in [-0.15, -0.1) is 10.2 Å². The van der Waals surface area contributed by atoms with Crippen molar-refractivity contribution in [3.63, 3.8) is 0 Å². The largest absolute Gasteiger partial charge is 0.383 e. The number of aromatic nitrogens is 3. The summed E-state index contributed by atoms with van der Waals surface area (Å²) in [6, 6.07) is 17.5. The maximum absolute atomic E-state index is 12.2. The lowest BCUT2D eigenvalue weighted by molar-refractivity contribution is -0.117. The zero-order valence-electron chi connectivity index (χ0n) is 19.3. The molecule has 2 N–H and O–H groups in total. The van der Waals surface area contributed by atoms with Crippen LogP contribution < -0.4 is 10.6 Å². The van der Waals surface area contributed by atoms with Gasteiger partial charge in [0, 0.05) is 24.9 Å². The fourth-order valence-corrected chi connectivity index (χ4v) is 3.84. The Labute approximate surface area is 198 Å². The molecule has 174 valence electrons. The summed E-state index contributed by atoms with van der Waals surface area (Å²) in [5, 5.41) is 14.2. The van der Waals surface area contributed by atoms with Gasteiger partial charge < -0.3 is 10.1 Å². The predicted molar refractivity (Wildman–Crippen MR) is 130 cm³/mol. The molecule has 1 aromatic heterocycles. The molecule has 0 saturated carbocycles. The van der Waals surface area contributed by atoms with Gasteiger partial charge in [-0.2, -0.15) is 0 Å². The van der Waals surface area contributed by atoms with Crippen LogP contribution in [0, 0.1) is 0 Å². The standard InChI is InChI=1S/C24H29N5O3S/c1-24(2,3)18-12-10-17(11-13-18)21-27-28-23(29(21)19-8-6-5-7-9-19)33-16-20(30)26-22(31)25-14-15-32-4/h5-13H,14-16H2,1-4H3,(H2,25,26,30,31). The Bertz CT molecular complexity index is 1080. The molecule has 0 bridgehead atoms. The Hall–Kier alpha value is -3.17. The van der Waals surface area contributed by atoms with Gasteiger partial charge in [0.25, 0.3) is 0 Å². The first-order valence-electron chi connectivity index (χ1n) is 10.6. The summed E-state index contributed by atoms with van der Waals surface area (Å²) in [6.45, 7) is 7.21. The van der Waals surface area contributed by atoms with Crippen molar-refractivity contribution in [2.45, 2.75) is 31.3 Å². The van der Waals surface area contributed by atoms with E-state index in [2.05, 4.69) is 53.7 Å². The molecule has 0 unspecified atom stereocenters. The van der Waals surface area contributed by atoms with E-state index < -0.39 is 11.9 Å². The zero-order chi connectivity index (χ0) is 23.8. The van der Waals surface area contributed by atoms with Crippen molar-refractivity contribution in [2.75, 3.05) is 26.0 Å². The van der Waals surface area contributed by atoms with Crippen LogP contribution in [0.1, 0.15) is 26.3 Å². The molecule has 8 nitrogen and oxygen atoms in total. The molecule has 3 rings (SSSR count). The molecule has 0 aliphatic rings. The van der Waals surface area contributed by atoms with E-state index >= 15 is 0 Å². The van der Waals surface area contributed by atoms with Crippen molar-refractivity contribution in [1.29, 1.82) is 0 Å². The van der Waals surface area contributed by atoms with E-state index in [4.69, 9.17) is 4.74 Å². The maximum Gasteiger partial charge on any atom is 0.321 e. The van der Waals surface area contributed by atoms with E-state index in [0.717, 1.165) is 11.3 Å². The molecule has 3 aromatic rings. The van der Waals surface area contributed by atoms with Crippen molar-refractivity contribution in [3.05, 3.63) is 60.2 Å². The lowest BCUT2D eigenvalue weighted by atomic mass is 9.87. The number of hydrogen-bond acceptors (Lipinski definition) is 6. The summed E-state index contributed by atoms with van der Waals surface area (Å²) < 4.78 is 6.79. The number of para-hydroxylation sites is 1. The third kappa shape index (κ3) is 6.66. The first kappa shape index (κ1) is 24.5. The van der Waals surface area contributed by atoms with Gasteiger partial charge >= 0.3 is 6.03 Å². The highest BCUT2D eigenvalue weighted by Gasteiger charge is 2.19. The Kier molecular flexibility index (Phi) is 8.24. The molecular formula is C24H29N5O3S. The number of carbonyl (C=O) groups is 2. The molecule has 33 heavy (non-hydrogen) atoms. The minimum absolute atomic E-state index is 0.0195. The van der Waals surface area contributed by atoms with Crippen LogP contribution in [0.4, 0.5) is 4.79 Å². The molecule has 2 aromatic carbocycles. The summed E-state index contributed by atoms with van der Waals surface area (Å²) in [5.41, 5.74) is 3.09. The van der Waals surface area contributed by atoms with Gasteiger partial charge in [0.1, 0.15) is 0 Å². The average Bonchev–Trinajstić information content (AvgIpc) is 3.22. The van der Waals surface area contributed by atoms with Gasteiger partial charge in [-0.1, -0.05) is 75.0 Å². The lowest BCUT2D eigenvalue weighted by Crippen LogP contribution is -2.41. The third-order valence-electron chi connectivity index (χ3n) is 4.83. The summed E-state index contributed by atoms with van der Waals surface area (Å²) in [4.78, 5) is 24.0. The molecule has 0 atom stereocenters. The molecule has 0 aliphatic heterocycles. The van der Waals surface area contributed by atoms with Crippen molar-refractivity contribution in [2.24, 2.45) is 0 Å². The summed E-state index contributed by atoms with van der Waals surface area (Å²) in [7, 11) is 1.54. The summed E-state index contributed by atoms with van der Waals surface area (Å²) >= 11 is 1.22. The minimum Gasteiger partial charge on any atom is -0.383 e. The molecule has 0 aliphatic carbocycles. The lowest BCUT2D eigenvalue weighted by Gasteiger charge is -2.19. The smallest absolute Gasteiger partial charge is 0.321 e. The number of methoxy groups -OCH3 is 1. The van der Waals surface area contributed by atoms with E-state index in [0.29, 0.717) is 24.1 Å². The number of hydrogen-bond donors (Lipinski definition) is 2. The first-order chi connectivity index (χ1) is 15.8. The van der Waals surface area contributed by atoms with Gasteiger partial charge in [-0.05, 0) is 23.1 Å². The van der Waals surface area contributed by atoms with Gasteiger partial charge in [0.05, 0.1) is 12.4 Å². The Morgan fingerprint density at radius 1 is 1.03 bits per heavy atom. The monoisotopic (exact) mass is 467 g/mol. The van der Waals surface area contributed by atoms with Crippen LogP contribution in [0.2, 0.25) is 0 Å². The van der Waals surface area contributed by atoms with Gasteiger partial charge in [0.15, 0.2) is 11.0 Å². The molecule has 0 spiro atoms. The van der Waals surface area contributed by atoms with Crippen molar-refractivity contribution in [3.8, 4) is 17.1 Å². The number of nitrogens with zero attached hydrogens (tertiary/aromatic N) is 3. The second-order valence-electron chi connectivity index (χ2n) is 8.39. The van der Waals surface area contributed by atoms with E-state index in [1.807, 2.05) is 47.0 Å². The molecule has 3 amide bonds. The van der Waals surface area contributed by atoms with Crippen LogP contribution in [0.25, 0.3) is 17.1 Å². The molecule has 9 heteroatoms. The SMILES string of the molecule is COCCNC(=O)NC(=O)CSc1nnc(-c2ccc(C(C)(C)C)cc2)n1-c1ccccc1. The summed E-state index contributed by atoms with van der Waals surface area (Å²) in [5.74, 6) is 0.279. The second-order valence-corrected chi connectivity index (χ2v) is 9.33. The van der Waals surface area contributed by atoms with Crippen molar-refractivity contribution >= 4 is 23.7 Å². The second kappa shape index (κ2) is 11.1. The predicted octanol–water partition coefficient (Wildman–Crippen LogP) is 3.80. The summed E-state index contributed by atoms with van der Waals surface area (Å²) in [6.07, 6.45) is 0. The molecule has 0 radical (unpaired) electrons. The number of imide groups is 1. The Morgan fingerprint density at radius 3 is 2.36 bits per heavy atom. The van der Waals surface area contributed by atoms with Gasteiger partial charge in [0.2, 0.25) is 5.91 Å². The Balaban J connectivity index is 1.80. The van der Waals surface area contributed by atoms with Crippen LogP contribution in [-0.2, 0) is 14.9 Å². The molecular weight excluding hydrogens is 438 g/mol. The normalized spacial score (nSPS) is 11.3.